The SMILES string of the molecule is NC(=O)c1ccc(N2CCCC2c2ccccc2)nn1. The molecule has 20 heavy (non-hydrogen) atoms. The van der Waals surface area contributed by atoms with E-state index in [1.54, 1.807) is 6.07 Å². The molecule has 5 heteroatoms. The van der Waals surface area contributed by atoms with Crippen LogP contribution in [-0.2, 0) is 0 Å². The predicted molar refractivity (Wildman–Crippen MR) is 76.3 cm³/mol. The Morgan fingerprint density at radius 1 is 1.15 bits per heavy atom. The van der Waals surface area contributed by atoms with E-state index in [2.05, 4.69) is 27.2 Å². The summed E-state index contributed by atoms with van der Waals surface area (Å²) in [5, 5.41) is 8.02. The monoisotopic (exact) mass is 268 g/mol. The summed E-state index contributed by atoms with van der Waals surface area (Å²) < 4.78 is 0. The molecule has 102 valence electrons. The molecule has 2 aromatic rings. The molecule has 2 N–H and O–H groups in total. The molecule has 1 aromatic carbocycles. The van der Waals surface area contributed by atoms with Crippen molar-refractivity contribution in [1.29, 1.82) is 0 Å². The van der Waals surface area contributed by atoms with Gasteiger partial charge in [0.15, 0.2) is 11.5 Å². The molecule has 1 unspecified atom stereocenters. The molecular formula is C15H16N4O. The lowest BCUT2D eigenvalue weighted by atomic mass is 10.0. The smallest absolute Gasteiger partial charge is 0.269 e. The lowest BCUT2D eigenvalue weighted by Gasteiger charge is -2.25. The maximum absolute atomic E-state index is 11.0. The second kappa shape index (κ2) is 5.28. The van der Waals surface area contributed by atoms with Crippen molar-refractivity contribution in [2.24, 2.45) is 5.73 Å². The summed E-state index contributed by atoms with van der Waals surface area (Å²) in [5.74, 6) is 0.242. The van der Waals surface area contributed by atoms with E-state index in [0.717, 1.165) is 25.2 Å². The highest BCUT2D eigenvalue weighted by Crippen LogP contribution is 2.34. The molecule has 1 aliphatic heterocycles. The van der Waals surface area contributed by atoms with E-state index in [1.807, 2.05) is 24.3 Å². The molecule has 3 rings (SSSR count). The standard InChI is InChI=1S/C15H16N4O/c16-15(20)12-8-9-14(18-17-12)19-10-4-7-13(19)11-5-2-1-3-6-11/h1-3,5-6,8-9,13H,4,7,10H2,(H2,16,20). The number of primary amides is 1. The zero-order chi connectivity index (χ0) is 13.9. The first-order valence-corrected chi connectivity index (χ1v) is 6.71. The molecule has 0 spiro atoms. The van der Waals surface area contributed by atoms with Gasteiger partial charge >= 0.3 is 0 Å². The summed E-state index contributed by atoms with van der Waals surface area (Å²) in [5.41, 5.74) is 6.66. The Hall–Kier alpha value is -2.43. The first-order valence-electron chi connectivity index (χ1n) is 6.71. The summed E-state index contributed by atoms with van der Waals surface area (Å²) in [4.78, 5) is 13.3. The van der Waals surface area contributed by atoms with Gasteiger partial charge < -0.3 is 10.6 Å². The maximum Gasteiger partial charge on any atom is 0.269 e. The van der Waals surface area contributed by atoms with Crippen LogP contribution in [0.4, 0.5) is 5.82 Å². The Labute approximate surface area is 117 Å². The van der Waals surface area contributed by atoms with Crippen LogP contribution >= 0.6 is 0 Å². The van der Waals surface area contributed by atoms with Crippen LogP contribution in [0.2, 0.25) is 0 Å². The minimum absolute atomic E-state index is 0.198. The summed E-state index contributed by atoms with van der Waals surface area (Å²) in [6, 6.07) is 14.2. The lowest BCUT2D eigenvalue weighted by molar-refractivity contribution is 0.0994. The van der Waals surface area contributed by atoms with Gasteiger partial charge in [0.1, 0.15) is 0 Å². The number of carbonyl (C=O) groups is 1. The number of amides is 1. The van der Waals surface area contributed by atoms with Crippen LogP contribution < -0.4 is 10.6 Å². The third kappa shape index (κ3) is 2.34. The quantitative estimate of drug-likeness (QED) is 0.923. The molecule has 1 fully saturated rings. The molecule has 2 heterocycles. The average Bonchev–Trinajstić information content (AvgIpc) is 2.97. The number of hydrogen-bond acceptors (Lipinski definition) is 4. The van der Waals surface area contributed by atoms with Gasteiger partial charge in [0.05, 0.1) is 6.04 Å². The van der Waals surface area contributed by atoms with Crippen molar-refractivity contribution in [3.05, 3.63) is 53.7 Å². The third-order valence-electron chi connectivity index (χ3n) is 3.63. The van der Waals surface area contributed by atoms with Crippen LogP contribution in [0.1, 0.15) is 34.9 Å². The molecule has 0 saturated carbocycles. The summed E-state index contributed by atoms with van der Waals surface area (Å²) in [6.45, 7) is 0.949. The zero-order valence-electron chi connectivity index (χ0n) is 11.1. The van der Waals surface area contributed by atoms with Gasteiger partial charge in [-0.1, -0.05) is 30.3 Å². The minimum Gasteiger partial charge on any atom is -0.364 e. The number of rotatable bonds is 3. The number of nitrogens with zero attached hydrogens (tertiary/aromatic N) is 3. The first kappa shape index (κ1) is 12.6. The summed E-state index contributed by atoms with van der Waals surface area (Å²) >= 11 is 0. The van der Waals surface area contributed by atoms with E-state index >= 15 is 0 Å². The molecule has 1 aliphatic rings. The normalized spacial score (nSPS) is 18.2. The van der Waals surface area contributed by atoms with Crippen molar-refractivity contribution in [1.82, 2.24) is 10.2 Å². The maximum atomic E-state index is 11.0. The molecule has 0 bridgehead atoms. The van der Waals surface area contributed by atoms with E-state index < -0.39 is 5.91 Å². The van der Waals surface area contributed by atoms with Crippen molar-refractivity contribution in [3.63, 3.8) is 0 Å². The van der Waals surface area contributed by atoms with Gasteiger partial charge in [-0.15, -0.1) is 10.2 Å². The van der Waals surface area contributed by atoms with Crippen LogP contribution in [0, 0.1) is 0 Å². The topological polar surface area (TPSA) is 72.1 Å². The fraction of sp³-hybridized carbons (Fsp3) is 0.267. The van der Waals surface area contributed by atoms with Gasteiger partial charge in [-0.05, 0) is 30.5 Å². The summed E-state index contributed by atoms with van der Waals surface area (Å²) in [6.07, 6.45) is 2.22. The zero-order valence-corrected chi connectivity index (χ0v) is 11.1. The number of hydrogen-bond donors (Lipinski definition) is 1. The van der Waals surface area contributed by atoms with Crippen LogP contribution in [0.25, 0.3) is 0 Å². The largest absolute Gasteiger partial charge is 0.364 e. The fourth-order valence-electron chi connectivity index (χ4n) is 2.67. The van der Waals surface area contributed by atoms with E-state index in [1.165, 1.54) is 5.56 Å². The van der Waals surface area contributed by atoms with Gasteiger partial charge in [-0.25, -0.2) is 0 Å². The highest BCUT2D eigenvalue weighted by atomic mass is 16.1. The molecule has 1 atom stereocenters. The van der Waals surface area contributed by atoms with Crippen molar-refractivity contribution < 1.29 is 4.79 Å². The molecular weight excluding hydrogens is 252 g/mol. The van der Waals surface area contributed by atoms with E-state index in [4.69, 9.17) is 5.73 Å². The third-order valence-corrected chi connectivity index (χ3v) is 3.63. The van der Waals surface area contributed by atoms with Gasteiger partial charge in [-0.3, -0.25) is 4.79 Å². The molecule has 1 aromatic heterocycles. The van der Waals surface area contributed by atoms with Gasteiger partial charge in [-0.2, -0.15) is 0 Å². The molecule has 5 nitrogen and oxygen atoms in total. The number of nitrogens with two attached hydrogens (primary N) is 1. The Morgan fingerprint density at radius 2 is 1.95 bits per heavy atom. The van der Waals surface area contributed by atoms with Crippen LogP contribution in [0.15, 0.2) is 42.5 Å². The minimum atomic E-state index is -0.551. The molecule has 0 radical (unpaired) electrons. The van der Waals surface area contributed by atoms with E-state index in [0.29, 0.717) is 6.04 Å². The second-order valence-electron chi connectivity index (χ2n) is 4.90. The average molecular weight is 268 g/mol. The Kier molecular flexibility index (Phi) is 3.33. The van der Waals surface area contributed by atoms with Crippen LogP contribution in [0.3, 0.4) is 0 Å². The van der Waals surface area contributed by atoms with Gasteiger partial charge in [0, 0.05) is 6.54 Å². The van der Waals surface area contributed by atoms with Crippen molar-refractivity contribution >= 4 is 11.7 Å². The molecule has 1 amide bonds. The van der Waals surface area contributed by atoms with E-state index in [9.17, 15) is 4.79 Å². The van der Waals surface area contributed by atoms with Crippen molar-refractivity contribution in [3.8, 4) is 0 Å². The number of anilines is 1. The fourth-order valence-corrected chi connectivity index (χ4v) is 2.67. The van der Waals surface area contributed by atoms with Crippen molar-refractivity contribution in [2.45, 2.75) is 18.9 Å². The predicted octanol–water partition coefficient (Wildman–Crippen LogP) is 1.92. The van der Waals surface area contributed by atoms with Crippen LogP contribution in [0.5, 0.6) is 0 Å². The summed E-state index contributed by atoms with van der Waals surface area (Å²) in [7, 11) is 0. The van der Waals surface area contributed by atoms with Crippen LogP contribution in [-0.4, -0.2) is 22.6 Å². The van der Waals surface area contributed by atoms with Gasteiger partial charge in [0.2, 0.25) is 0 Å². The highest BCUT2D eigenvalue weighted by molar-refractivity contribution is 5.90. The molecule has 0 aliphatic carbocycles. The Balaban J connectivity index is 1.87. The highest BCUT2D eigenvalue weighted by Gasteiger charge is 2.27. The van der Waals surface area contributed by atoms with E-state index in [-0.39, 0.29) is 5.69 Å². The Bertz CT molecular complexity index is 597. The number of benzene rings is 1. The number of carbonyl (C=O) groups excluding carboxylic acids is 1. The Morgan fingerprint density at radius 3 is 2.60 bits per heavy atom. The molecule has 1 saturated heterocycles. The second-order valence-corrected chi connectivity index (χ2v) is 4.90. The van der Waals surface area contributed by atoms with Crippen molar-refractivity contribution in [2.75, 3.05) is 11.4 Å². The number of aromatic nitrogens is 2. The van der Waals surface area contributed by atoms with Gasteiger partial charge in [0.25, 0.3) is 5.91 Å². The lowest BCUT2D eigenvalue weighted by Crippen LogP contribution is -2.24. The first-order chi connectivity index (χ1) is 9.75.